The largest absolute Gasteiger partial charge is 0.377 e. The summed E-state index contributed by atoms with van der Waals surface area (Å²) in [6.45, 7) is 2.89. The molecule has 1 atom stereocenters. The number of hydrogen-bond donors (Lipinski definition) is 1. The molecule has 1 amide bonds. The zero-order chi connectivity index (χ0) is 15.4. The third-order valence-electron chi connectivity index (χ3n) is 4.43. The van der Waals surface area contributed by atoms with E-state index in [0.717, 1.165) is 48.7 Å². The van der Waals surface area contributed by atoms with E-state index in [9.17, 15) is 4.79 Å². The fraction of sp³-hybridized carbons (Fsp3) is 0.750. The lowest BCUT2D eigenvalue weighted by atomic mass is 9.98. The summed E-state index contributed by atoms with van der Waals surface area (Å²) in [7, 11) is 0. The van der Waals surface area contributed by atoms with Crippen LogP contribution in [0.15, 0.2) is 5.38 Å². The molecule has 1 saturated carbocycles. The van der Waals surface area contributed by atoms with Gasteiger partial charge in [0.2, 0.25) is 5.91 Å². The van der Waals surface area contributed by atoms with E-state index < -0.39 is 0 Å². The smallest absolute Gasteiger partial charge is 0.230 e. The molecule has 1 aliphatic heterocycles. The molecular formula is C16H24N2O2S2. The highest BCUT2D eigenvalue weighted by molar-refractivity contribution is 7.99. The monoisotopic (exact) mass is 340 g/mol. The molecule has 2 aliphatic rings. The normalized spacial score (nSPS) is 23.8. The molecule has 1 aromatic heterocycles. The molecule has 6 heteroatoms. The number of nitrogens with zero attached hydrogens (tertiary/aromatic N) is 1. The second kappa shape index (κ2) is 7.32. The first-order valence-corrected chi connectivity index (χ1v) is 10.1. The maximum Gasteiger partial charge on any atom is 0.230 e. The Morgan fingerprint density at radius 3 is 2.95 bits per heavy atom. The summed E-state index contributed by atoms with van der Waals surface area (Å²) in [6, 6.07) is 0. The van der Waals surface area contributed by atoms with E-state index in [1.807, 2.05) is 6.92 Å². The molecule has 122 valence electrons. The second-order valence-electron chi connectivity index (χ2n) is 6.28. The highest BCUT2D eigenvalue weighted by Crippen LogP contribution is 2.40. The molecule has 0 spiro atoms. The van der Waals surface area contributed by atoms with E-state index in [-0.39, 0.29) is 11.4 Å². The van der Waals surface area contributed by atoms with Gasteiger partial charge in [-0.3, -0.25) is 4.79 Å². The Hall–Kier alpha value is -0.590. The lowest BCUT2D eigenvalue weighted by molar-refractivity contribution is -0.120. The van der Waals surface area contributed by atoms with Crippen LogP contribution in [0, 0.1) is 6.92 Å². The Balaban J connectivity index is 1.53. The number of hydrogen-bond acceptors (Lipinski definition) is 5. The molecule has 1 N–H and O–H groups in total. The Morgan fingerprint density at radius 1 is 1.50 bits per heavy atom. The van der Waals surface area contributed by atoms with Crippen molar-refractivity contribution in [2.75, 3.05) is 18.1 Å². The molecule has 22 heavy (non-hydrogen) atoms. The van der Waals surface area contributed by atoms with Crippen LogP contribution in [0.5, 0.6) is 0 Å². The Labute approximate surface area is 140 Å². The van der Waals surface area contributed by atoms with Gasteiger partial charge < -0.3 is 10.1 Å². The minimum absolute atomic E-state index is 0.137. The van der Waals surface area contributed by atoms with Gasteiger partial charge in [-0.25, -0.2) is 4.98 Å². The van der Waals surface area contributed by atoms with E-state index >= 15 is 0 Å². The van der Waals surface area contributed by atoms with Crippen LogP contribution in [0.25, 0.3) is 0 Å². The Bertz CT molecular complexity index is 506. The molecule has 0 unspecified atom stereocenters. The summed E-state index contributed by atoms with van der Waals surface area (Å²) in [6.07, 6.45) is 7.01. The maximum absolute atomic E-state index is 12.4. The standard InChI is InChI=1S/C16H24N2O2S2/c1-12-9-22-15(17-12)16(6-2-3-7-16)18-14(19)11-21-10-13-5-4-8-20-13/h9,13H,2-8,10-11H2,1H3,(H,18,19)/t13-/m1/s1. The van der Waals surface area contributed by atoms with Crippen LogP contribution in [0.2, 0.25) is 0 Å². The summed E-state index contributed by atoms with van der Waals surface area (Å²) in [5.41, 5.74) is 0.841. The molecule has 2 heterocycles. The molecule has 0 aromatic carbocycles. The molecule has 4 nitrogen and oxygen atoms in total. The van der Waals surface area contributed by atoms with Gasteiger partial charge in [-0.05, 0) is 32.6 Å². The zero-order valence-corrected chi connectivity index (χ0v) is 14.7. The lowest BCUT2D eigenvalue weighted by Crippen LogP contribution is -2.44. The first kappa shape index (κ1) is 16.3. The third-order valence-corrected chi connectivity index (χ3v) is 6.66. The number of aromatic nitrogens is 1. The molecule has 0 radical (unpaired) electrons. The van der Waals surface area contributed by atoms with Gasteiger partial charge in [-0.2, -0.15) is 0 Å². The van der Waals surface area contributed by atoms with Crippen molar-refractivity contribution in [2.45, 2.75) is 57.1 Å². The molecule has 3 rings (SSSR count). The number of aryl methyl sites for hydroxylation is 1. The SMILES string of the molecule is Cc1csc(C2(NC(=O)CSC[C@H]3CCCO3)CCCC2)n1. The van der Waals surface area contributed by atoms with E-state index in [0.29, 0.717) is 11.9 Å². The topological polar surface area (TPSA) is 51.2 Å². The van der Waals surface area contributed by atoms with Crippen molar-refractivity contribution in [3.63, 3.8) is 0 Å². The van der Waals surface area contributed by atoms with Crippen molar-refractivity contribution in [3.05, 3.63) is 16.1 Å². The number of amides is 1. The molecule has 2 fully saturated rings. The number of nitrogens with one attached hydrogen (secondary N) is 1. The molecule has 1 aliphatic carbocycles. The summed E-state index contributed by atoms with van der Waals surface area (Å²) in [4.78, 5) is 17.0. The Kier molecular flexibility index (Phi) is 5.42. The van der Waals surface area contributed by atoms with E-state index in [1.165, 1.54) is 12.8 Å². The number of ether oxygens (including phenoxy) is 1. The predicted octanol–water partition coefficient (Wildman–Crippen LogP) is 3.25. The molecular weight excluding hydrogens is 316 g/mol. The highest BCUT2D eigenvalue weighted by Gasteiger charge is 2.39. The minimum atomic E-state index is -0.208. The van der Waals surface area contributed by atoms with Crippen LogP contribution in [-0.2, 0) is 15.1 Å². The van der Waals surface area contributed by atoms with Crippen LogP contribution in [0.1, 0.15) is 49.2 Å². The van der Waals surface area contributed by atoms with Gasteiger partial charge in [-0.1, -0.05) is 12.8 Å². The molecule has 1 saturated heterocycles. The van der Waals surface area contributed by atoms with E-state index in [2.05, 4.69) is 15.7 Å². The van der Waals surface area contributed by atoms with Gasteiger partial charge in [0.15, 0.2) is 0 Å². The van der Waals surface area contributed by atoms with Gasteiger partial charge in [-0.15, -0.1) is 23.1 Å². The number of thioether (sulfide) groups is 1. The lowest BCUT2D eigenvalue weighted by Gasteiger charge is -2.28. The highest BCUT2D eigenvalue weighted by atomic mass is 32.2. The average Bonchev–Trinajstić information content (AvgIpc) is 3.20. The van der Waals surface area contributed by atoms with Gasteiger partial charge in [0.1, 0.15) is 5.01 Å². The average molecular weight is 341 g/mol. The summed E-state index contributed by atoms with van der Waals surface area (Å²) in [5.74, 6) is 1.58. The quantitative estimate of drug-likeness (QED) is 0.864. The molecule has 0 bridgehead atoms. The van der Waals surface area contributed by atoms with E-state index in [1.54, 1.807) is 23.1 Å². The van der Waals surface area contributed by atoms with Crippen LogP contribution >= 0.6 is 23.1 Å². The van der Waals surface area contributed by atoms with Crippen molar-refractivity contribution in [3.8, 4) is 0 Å². The van der Waals surface area contributed by atoms with Crippen LogP contribution < -0.4 is 5.32 Å². The number of thiazole rings is 1. The van der Waals surface area contributed by atoms with Crippen molar-refractivity contribution >= 4 is 29.0 Å². The van der Waals surface area contributed by atoms with Crippen LogP contribution in [0.4, 0.5) is 0 Å². The first-order chi connectivity index (χ1) is 10.7. The third kappa shape index (κ3) is 3.84. The van der Waals surface area contributed by atoms with Crippen LogP contribution in [0.3, 0.4) is 0 Å². The number of rotatable bonds is 6. The summed E-state index contributed by atoms with van der Waals surface area (Å²) in [5, 5.41) is 6.46. The molecule has 1 aromatic rings. The van der Waals surface area contributed by atoms with Crippen molar-refractivity contribution < 1.29 is 9.53 Å². The minimum Gasteiger partial charge on any atom is -0.377 e. The van der Waals surface area contributed by atoms with Gasteiger partial charge in [0.05, 0.1) is 17.4 Å². The van der Waals surface area contributed by atoms with Gasteiger partial charge in [0.25, 0.3) is 0 Å². The maximum atomic E-state index is 12.4. The summed E-state index contributed by atoms with van der Waals surface area (Å²) < 4.78 is 5.60. The van der Waals surface area contributed by atoms with Gasteiger partial charge in [0, 0.05) is 23.4 Å². The zero-order valence-electron chi connectivity index (χ0n) is 13.1. The summed E-state index contributed by atoms with van der Waals surface area (Å²) >= 11 is 3.37. The van der Waals surface area contributed by atoms with E-state index in [4.69, 9.17) is 4.74 Å². The fourth-order valence-electron chi connectivity index (χ4n) is 3.31. The van der Waals surface area contributed by atoms with Crippen molar-refractivity contribution in [1.29, 1.82) is 0 Å². The number of carbonyl (C=O) groups excluding carboxylic acids is 1. The Morgan fingerprint density at radius 2 is 2.32 bits per heavy atom. The first-order valence-electron chi connectivity index (χ1n) is 8.11. The van der Waals surface area contributed by atoms with Crippen LogP contribution in [-0.4, -0.2) is 35.1 Å². The van der Waals surface area contributed by atoms with Crippen molar-refractivity contribution in [2.24, 2.45) is 0 Å². The van der Waals surface area contributed by atoms with Gasteiger partial charge >= 0.3 is 0 Å². The number of carbonyl (C=O) groups is 1. The second-order valence-corrected chi connectivity index (χ2v) is 8.17. The van der Waals surface area contributed by atoms with Crippen molar-refractivity contribution in [1.82, 2.24) is 10.3 Å². The fourth-order valence-corrected chi connectivity index (χ4v) is 5.22. The predicted molar refractivity (Wildman–Crippen MR) is 91.4 cm³/mol.